The molecule has 0 N–H and O–H groups in total. The fraction of sp³-hybridized carbons (Fsp3) is 0.263. The highest BCUT2D eigenvalue weighted by Crippen LogP contribution is 2.37. The summed E-state index contributed by atoms with van der Waals surface area (Å²) in [4.78, 5) is 24.3. The van der Waals surface area contributed by atoms with E-state index in [-0.39, 0.29) is 28.6 Å². The van der Waals surface area contributed by atoms with Crippen LogP contribution in [0.15, 0.2) is 33.7 Å². The van der Waals surface area contributed by atoms with Gasteiger partial charge < -0.3 is 18.5 Å². The number of hydrogen-bond acceptors (Lipinski definition) is 8. The minimum Gasteiger partial charge on any atom is -0.560 e. The van der Waals surface area contributed by atoms with Crippen molar-refractivity contribution in [2.75, 3.05) is 14.2 Å². The smallest absolute Gasteiger partial charge is 0.433 e. The lowest BCUT2D eigenvalue weighted by atomic mass is 10.1. The molecule has 3 aromatic rings. The molecule has 8 nitrogen and oxygen atoms in total. The summed E-state index contributed by atoms with van der Waals surface area (Å²) in [7, 11) is 3.92. The van der Waals surface area contributed by atoms with Gasteiger partial charge in [-0.15, -0.1) is 0 Å². The number of pyridine rings is 1. The van der Waals surface area contributed by atoms with Crippen LogP contribution in [0.25, 0.3) is 22.4 Å². The van der Waals surface area contributed by atoms with Gasteiger partial charge in [-0.3, -0.25) is 4.99 Å². The molecule has 1 atom stereocenters. The van der Waals surface area contributed by atoms with Crippen LogP contribution in [0.1, 0.15) is 34.9 Å². The zero-order chi connectivity index (χ0) is 22.8. The molecule has 12 heteroatoms. The number of alkyl halides is 3. The van der Waals surface area contributed by atoms with Gasteiger partial charge in [0.2, 0.25) is 11.7 Å². The van der Waals surface area contributed by atoms with Crippen molar-refractivity contribution in [2.24, 2.45) is 4.99 Å². The molecular formula is C19H17BF3N3O5. The monoisotopic (exact) mass is 435 g/mol. The predicted octanol–water partition coefficient (Wildman–Crippen LogP) is 3.36. The van der Waals surface area contributed by atoms with E-state index >= 15 is 0 Å². The van der Waals surface area contributed by atoms with Crippen LogP contribution in [0, 0.1) is 0 Å². The number of aliphatic imine (C=N–C) groups is 1. The summed E-state index contributed by atoms with van der Waals surface area (Å²) in [6, 6.07) is 4.47. The highest BCUT2D eigenvalue weighted by molar-refractivity contribution is 6.02. The summed E-state index contributed by atoms with van der Waals surface area (Å²) in [6.07, 6.45) is -3.44. The van der Waals surface area contributed by atoms with Crippen molar-refractivity contribution >= 4 is 31.3 Å². The van der Waals surface area contributed by atoms with Gasteiger partial charge in [-0.2, -0.15) is 13.2 Å². The Balaban J connectivity index is 2.22. The fourth-order valence-corrected chi connectivity index (χ4v) is 2.89. The predicted molar refractivity (Wildman–Crippen MR) is 107 cm³/mol. The molecule has 3 rings (SSSR count). The lowest BCUT2D eigenvalue weighted by Crippen LogP contribution is -2.08. The van der Waals surface area contributed by atoms with Crippen molar-refractivity contribution in [3.63, 3.8) is 0 Å². The normalized spacial score (nSPS) is 12.8. The highest BCUT2D eigenvalue weighted by Gasteiger charge is 2.33. The second kappa shape index (κ2) is 8.66. The first-order chi connectivity index (χ1) is 14.7. The van der Waals surface area contributed by atoms with Crippen LogP contribution in [-0.4, -0.2) is 44.6 Å². The molecule has 2 aromatic heterocycles. The number of ether oxygens (including phenoxy) is 2. The van der Waals surface area contributed by atoms with Crippen molar-refractivity contribution in [2.45, 2.75) is 19.1 Å². The standard InChI is InChI=1S/C19H17BF3N3O5/c1-9(24-8-30-20)14-16(18(27)29-3)31-17(26-14)11-4-6-12(28-2)15-10(11)5-7-13(25-15)19(21,22)23/h4-9H,20H2,1-3H3. The summed E-state index contributed by atoms with van der Waals surface area (Å²) in [5.74, 6) is -0.822. The molecule has 0 aliphatic carbocycles. The zero-order valence-electron chi connectivity index (χ0n) is 17.0. The topological polar surface area (TPSA) is 96.0 Å². The van der Waals surface area contributed by atoms with Gasteiger partial charge in [0.25, 0.3) is 0 Å². The summed E-state index contributed by atoms with van der Waals surface area (Å²) in [6.45, 7) is 1.66. The number of rotatable bonds is 6. The molecule has 0 saturated carbocycles. The van der Waals surface area contributed by atoms with Crippen LogP contribution in [-0.2, 0) is 15.6 Å². The molecule has 0 radical (unpaired) electrons. The van der Waals surface area contributed by atoms with E-state index in [4.69, 9.17) is 18.5 Å². The Labute approximate surface area is 175 Å². The first-order valence-corrected chi connectivity index (χ1v) is 8.90. The number of aromatic nitrogens is 2. The highest BCUT2D eigenvalue weighted by atomic mass is 19.4. The Morgan fingerprint density at radius 2 is 1.97 bits per heavy atom. The van der Waals surface area contributed by atoms with Gasteiger partial charge in [0, 0.05) is 10.9 Å². The Morgan fingerprint density at radius 3 is 2.58 bits per heavy atom. The lowest BCUT2D eigenvalue weighted by Gasteiger charge is -2.11. The van der Waals surface area contributed by atoms with Crippen molar-refractivity contribution in [1.29, 1.82) is 0 Å². The van der Waals surface area contributed by atoms with E-state index in [9.17, 15) is 18.0 Å². The van der Waals surface area contributed by atoms with E-state index in [1.54, 1.807) is 13.0 Å². The molecule has 0 fully saturated rings. The Morgan fingerprint density at radius 1 is 1.23 bits per heavy atom. The van der Waals surface area contributed by atoms with Gasteiger partial charge in [0.05, 0.1) is 20.3 Å². The lowest BCUT2D eigenvalue weighted by molar-refractivity contribution is -0.140. The number of halogens is 3. The molecule has 31 heavy (non-hydrogen) atoms. The van der Waals surface area contributed by atoms with E-state index in [1.807, 2.05) is 0 Å². The maximum absolute atomic E-state index is 13.1. The quantitative estimate of drug-likeness (QED) is 0.254. The van der Waals surface area contributed by atoms with Gasteiger partial charge in [0.15, 0.2) is 6.40 Å². The Bertz CT molecular complexity index is 1150. The molecule has 1 aromatic carbocycles. The molecule has 0 spiro atoms. The molecule has 0 amide bonds. The molecular weight excluding hydrogens is 418 g/mol. The second-order valence-electron chi connectivity index (χ2n) is 6.30. The Hall–Kier alpha value is -3.57. The second-order valence-corrected chi connectivity index (χ2v) is 6.30. The van der Waals surface area contributed by atoms with E-state index in [0.29, 0.717) is 10.9 Å². The summed E-state index contributed by atoms with van der Waals surface area (Å²) in [5.41, 5.74) is -0.601. The van der Waals surface area contributed by atoms with E-state index in [0.717, 1.165) is 6.07 Å². The van der Waals surface area contributed by atoms with E-state index in [2.05, 4.69) is 15.0 Å². The van der Waals surface area contributed by atoms with Crippen molar-refractivity contribution in [3.05, 3.63) is 41.4 Å². The molecule has 2 heterocycles. The van der Waals surface area contributed by atoms with Crippen molar-refractivity contribution in [3.8, 4) is 17.2 Å². The molecule has 0 saturated heterocycles. The number of oxazole rings is 1. The number of carbonyl (C=O) groups excluding carboxylic acids is 1. The summed E-state index contributed by atoms with van der Waals surface area (Å²) < 4.78 is 59.8. The maximum atomic E-state index is 13.1. The number of fused-ring (bicyclic) bond motifs is 1. The van der Waals surface area contributed by atoms with E-state index < -0.39 is 23.9 Å². The molecule has 162 valence electrons. The number of benzene rings is 1. The average molecular weight is 435 g/mol. The van der Waals surface area contributed by atoms with Gasteiger partial charge in [0.1, 0.15) is 22.7 Å². The van der Waals surface area contributed by atoms with Gasteiger partial charge >= 0.3 is 20.2 Å². The number of methoxy groups -OCH3 is 2. The average Bonchev–Trinajstić information content (AvgIpc) is 3.20. The van der Waals surface area contributed by atoms with Crippen LogP contribution >= 0.6 is 0 Å². The third-order valence-electron chi connectivity index (χ3n) is 4.37. The van der Waals surface area contributed by atoms with Crippen LogP contribution in [0.3, 0.4) is 0 Å². The summed E-state index contributed by atoms with van der Waals surface area (Å²) >= 11 is 0. The molecule has 0 aliphatic heterocycles. The number of carbonyl (C=O) groups is 1. The Kier molecular flexibility index (Phi) is 6.18. The minimum absolute atomic E-state index is 0.0101. The van der Waals surface area contributed by atoms with Gasteiger partial charge in [-0.1, -0.05) is 0 Å². The molecule has 0 bridgehead atoms. The molecule has 0 aliphatic rings. The van der Waals surface area contributed by atoms with Gasteiger partial charge in [-0.25, -0.2) is 14.8 Å². The van der Waals surface area contributed by atoms with Crippen LogP contribution in [0.2, 0.25) is 0 Å². The zero-order valence-corrected chi connectivity index (χ0v) is 17.0. The van der Waals surface area contributed by atoms with Crippen LogP contribution in [0.5, 0.6) is 5.75 Å². The third-order valence-corrected chi connectivity index (χ3v) is 4.37. The minimum atomic E-state index is -4.63. The molecule has 1 unspecified atom stereocenters. The number of hydrogen-bond donors (Lipinski definition) is 0. The SMILES string of the molecule is BOC=NC(C)c1nc(-c2ccc(OC)c3nc(C(F)(F)F)ccc23)oc1C(=O)OC. The van der Waals surface area contributed by atoms with Gasteiger partial charge in [-0.05, 0) is 31.2 Å². The largest absolute Gasteiger partial charge is 0.560 e. The van der Waals surface area contributed by atoms with Crippen molar-refractivity contribution in [1.82, 2.24) is 9.97 Å². The van der Waals surface area contributed by atoms with E-state index in [1.165, 1.54) is 40.8 Å². The van der Waals surface area contributed by atoms with Crippen LogP contribution in [0.4, 0.5) is 13.2 Å². The first kappa shape index (κ1) is 22.1. The van der Waals surface area contributed by atoms with Crippen LogP contribution < -0.4 is 4.74 Å². The summed E-state index contributed by atoms with van der Waals surface area (Å²) in [5, 5.41) is 0.296. The third kappa shape index (κ3) is 4.32. The number of esters is 1. The van der Waals surface area contributed by atoms with Crippen molar-refractivity contribution < 1.29 is 36.5 Å². The fourth-order valence-electron chi connectivity index (χ4n) is 2.89. The number of nitrogens with zero attached hydrogens (tertiary/aromatic N) is 3. The maximum Gasteiger partial charge on any atom is 0.433 e. The first-order valence-electron chi connectivity index (χ1n) is 8.90.